The standard InChI is InChI=1S/C19H15FN4/c20-18-2-1-12(5-15(18)8-21)14-6-13-3-4-22-11-17(13)19(7-14)24-16-9-23-10-16/h1-7,11,16,23-24H,9-10H2. The fourth-order valence-corrected chi connectivity index (χ4v) is 2.89. The predicted octanol–water partition coefficient (Wildman–Crippen LogP) is 3.30. The molecule has 1 aliphatic rings. The van der Waals surface area contributed by atoms with Gasteiger partial charge in [-0.1, -0.05) is 6.07 Å². The van der Waals surface area contributed by atoms with Gasteiger partial charge in [0.05, 0.1) is 11.6 Å². The van der Waals surface area contributed by atoms with Crippen LogP contribution in [0.4, 0.5) is 10.1 Å². The van der Waals surface area contributed by atoms with Crippen LogP contribution in [-0.2, 0) is 0 Å². The highest BCUT2D eigenvalue weighted by molar-refractivity contribution is 5.97. The Morgan fingerprint density at radius 2 is 2.04 bits per heavy atom. The second kappa shape index (κ2) is 5.91. The quantitative estimate of drug-likeness (QED) is 0.778. The molecule has 0 amide bonds. The van der Waals surface area contributed by atoms with Gasteiger partial charge in [-0.15, -0.1) is 0 Å². The molecule has 2 N–H and O–H groups in total. The average Bonchev–Trinajstić information content (AvgIpc) is 2.58. The molecule has 0 saturated carbocycles. The highest BCUT2D eigenvalue weighted by Gasteiger charge is 2.18. The Hall–Kier alpha value is -2.97. The molecular formula is C19H15FN4. The number of halogens is 1. The van der Waals surface area contributed by atoms with Crippen molar-refractivity contribution in [1.82, 2.24) is 10.3 Å². The van der Waals surface area contributed by atoms with Crippen LogP contribution < -0.4 is 10.6 Å². The van der Waals surface area contributed by atoms with Crippen molar-refractivity contribution < 1.29 is 4.39 Å². The third kappa shape index (κ3) is 2.57. The maximum atomic E-state index is 13.6. The smallest absolute Gasteiger partial charge is 0.140 e. The third-order valence-electron chi connectivity index (χ3n) is 4.32. The molecule has 3 aromatic rings. The first-order valence-electron chi connectivity index (χ1n) is 7.79. The van der Waals surface area contributed by atoms with Crippen molar-refractivity contribution in [3.8, 4) is 17.2 Å². The van der Waals surface area contributed by atoms with Crippen molar-refractivity contribution in [2.75, 3.05) is 18.4 Å². The van der Waals surface area contributed by atoms with Gasteiger partial charge in [-0.25, -0.2) is 4.39 Å². The van der Waals surface area contributed by atoms with Gasteiger partial charge in [-0.05, 0) is 46.8 Å². The van der Waals surface area contributed by atoms with Gasteiger partial charge in [-0.2, -0.15) is 5.26 Å². The van der Waals surface area contributed by atoms with Crippen molar-refractivity contribution in [3.05, 3.63) is 60.2 Å². The van der Waals surface area contributed by atoms with Gasteiger partial charge in [-0.3, -0.25) is 4.98 Å². The number of aromatic nitrogens is 1. The van der Waals surface area contributed by atoms with Crippen LogP contribution in [0, 0.1) is 17.1 Å². The fourth-order valence-electron chi connectivity index (χ4n) is 2.89. The molecule has 0 atom stereocenters. The Morgan fingerprint density at radius 3 is 2.79 bits per heavy atom. The van der Waals surface area contributed by atoms with E-state index in [9.17, 15) is 4.39 Å². The predicted molar refractivity (Wildman–Crippen MR) is 92.1 cm³/mol. The summed E-state index contributed by atoms with van der Waals surface area (Å²) in [6.45, 7) is 1.86. The molecule has 24 heavy (non-hydrogen) atoms. The lowest BCUT2D eigenvalue weighted by Gasteiger charge is -2.29. The first kappa shape index (κ1) is 14.6. The largest absolute Gasteiger partial charge is 0.379 e. The van der Waals surface area contributed by atoms with Gasteiger partial charge in [0.15, 0.2) is 0 Å². The number of nitriles is 1. The summed E-state index contributed by atoms with van der Waals surface area (Å²) in [5.41, 5.74) is 2.83. The van der Waals surface area contributed by atoms with E-state index in [2.05, 4.69) is 15.6 Å². The van der Waals surface area contributed by atoms with Gasteiger partial charge in [0.1, 0.15) is 11.9 Å². The lowest BCUT2D eigenvalue weighted by Crippen LogP contribution is -2.51. The molecular weight excluding hydrogens is 303 g/mol. The number of pyridine rings is 1. The Morgan fingerprint density at radius 1 is 1.17 bits per heavy atom. The molecule has 2 heterocycles. The van der Waals surface area contributed by atoms with E-state index < -0.39 is 5.82 Å². The summed E-state index contributed by atoms with van der Waals surface area (Å²) in [6.07, 6.45) is 3.60. The van der Waals surface area contributed by atoms with Crippen LogP contribution in [0.3, 0.4) is 0 Å². The van der Waals surface area contributed by atoms with Crippen LogP contribution in [0.5, 0.6) is 0 Å². The van der Waals surface area contributed by atoms with Crippen LogP contribution in [0.2, 0.25) is 0 Å². The number of nitrogens with zero attached hydrogens (tertiary/aromatic N) is 2. The van der Waals surface area contributed by atoms with Crippen molar-refractivity contribution in [2.45, 2.75) is 6.04 Å². The van der Waals surface area contributed by atoms with E-state index in [4.69, 9.17) is 5.26 Å². The summed E-state index contributed by atoms with van der Waals surface area (Å²) >= 11 is 0. The molecule has 1 aromatic heterocycles. The van der Waals surface area contributed by atoms with Gasteiger partial charge in [0, 0.05) is 36.6 Å². The summed E-state index contributed by atoms with van der Waals surface area (Å²) < 4.78 is 13.6. The first-order chi connectivity index (χ1) is 11.7. The molecule has 1 saturated heterocycles. The van der Waals surface area contributed by atoms with Crippen molar-refractivity contribution in [1.29, 1.82) is 5.26 Å². The Labute approximate surface area is 139 Å². The van der Waals surface area contributed by atoms with Crippen LogP contribution >= 0.6 is 0 Å². The topological polar surface area (TPSA) is 60.7 Å². The van der Waals surface area contributed by atoms with E-state index in [1.165, 1.54) is 6.07 Å². The van der Waals surface area contributed by atoms with E-state index in [1.807, 2.05) is 30.5 Å². The molecule has 0 bridgehead atoms. The minimum absolute atomic E-state index is 0.0556. The van der Waals surface area contributed by atoms with Gasteiger partial charge < -0.3 is 10.6 Å². The molecule has 0 unspecified atom stereocenters. The average molecular weight is 318 g/mol. The lowest BCUT2D eigenvalue weighted by molar-refractivity contribution is 0.472. The minimum Gasteiger partial charge on any atom is -0.379 e. The zero-order chi connectivity index (χ0) is 16.5. The SMILES string of the molecule is N#Cc1cc(-c2cc(NC3CNC3)c3cnccc3c2)ccc1F. The van der Waals surface area contributed by atoms with Crippen molar-refractivity contribution >= 4 is 16.5 Å². The van der Waals surface area contributed by atoms with Gasteiger partial charge >= 0.3 is 0 Å². The maximum Gasteiger partial charge on any atom is 0.140 e. The number of fused-ring (bicyclic) bond motifs is 1. The van der Waals surface area contributed by atoms with Crippen LogP contribution in [0.25, 0.3) is 21.9 Å². The normalized spacial score (nSPS) is 14.2. The summed E-state index contributed by atoms with van der Waals surface area (Å²) in [5, 5.41) is 17.9. The molecule has 4 rings (SSSR count). The minimum atomic E-state index is -0.495. The number of anilines is 1. The molecule has 1 aliphatic heterocycles. The first-order valence-corrected chi connectivity index (χ1v) is 7.79. The molecule has 0 radical (unpaired) electrons. The third-order valence-corrected chi connectivity index (χ3v) is 4.32. The van der Waals surface area contributed by atoms with E-state index in [0.29, 0.717) is 6.04 Å². The molecule has 0 spiro atoms. The Kier molecular flexibility index (Phi) is 3.60. The second-order valence-electron chi connectivity index (χ2n) is 5.93. The fraction of sp³-hybridized carbons (Fsp3) is 0.158. The number of nitrogens with one attached hydrogen (secondary N) is 2. The van der Waals surface area contributed by atoms with Crippen molar-refractivity contribution in [2.24, 2.45) is 0 Å². The van der Waals surface area contributed by atoms with Crippen LogP contribution in [0.1, 0.15) is 5.56 Å². The summed E-state index contributed by atoms with van der Waals surface area (Å²) in [7, 11) is 0. The molecule has 1 fully saturated rings. The van der Waals surface area contributed by atoms with Crippen LogP contribution in [0.15, 0.2) is 48.8 Å². The second-order valence-corrected chi connectivity index (χ2v) is 5.93. The number of hydrogen-bond donors (Lipinski definition) is 2. The molecule has 4 nitrogen and oxygen atoms in total. The zero-order valence-corrected chi connectivity index (χ0v) is 12.9. The summed E-state index contributed by atoms with van der Waals surface area (Å²) in [5.74, 6) is -0.495. The molecule has 0 aliphatic carbocycles. The summed E-state index contributed by atoms with van der Waals surface area (Å²) in [6, 6.07) is 13.0. The lowest BCUT2D eigenvalue weighted by atomic mass is 9.98. The monoisotopic (exact) mass is 318 g/mol. The molecule has 2 aromatic carbocycles. The number of rotatable bonds is 3. The number of hydrogen-bond acceptors (Lipinski definition) is 4. The molecule has 5 heteroatoms. The van der Waals surface area contributed by atoms with Crippen molar-refractivity contribution in [3.63, 3.8) is 0 Å². The number of benzene rings is 2. The Bertz CT molecular complexity index is 957. The van der Waals surface area contributed by atoms with Gasteiger partial charge in [0.2, 0.25) is 0 Å². The Balaban J connectivity index is 1.85. The summed E-state index contributed by atoms with van der Waals surface area (Å²) in [4.78, 5) is 4.22. The van der Waals surface area contributed by atoms with E-state index in [0.717, 1.165) is 40.7 Å². The molecule has 118 valence electrons. The zero-order valence-electron chi connectivity index (χ0n) is 12.9. The van der Waals surface area contributed by atoms with E-state index in [1.54, 1.807) is 18.3 Å². The highest BCUT2D eigenvalue weighted by atomic mass is 19.1. The van der Waals surface area contributed by atoms with E-state index >= 15 is 0 Å². The van der Waals surface area contributed by atoms with E-state index in [-0.39, 0.29) is 5.56 Å². The van der Waals surface area contributed by atoms with Crippen LogP contribution in [-0.4, -0.2) is 24.1 Å². The maximum absolute atomic E-state index is 13.6. The van der Waals surface area contributed by atoms with Gasteiger partial charge in [0.25, 0.3) is 0 Å². The highest BCUT2D eigenvalue weighted by Crippen LogP contribution is 2.32.